The van der Waals surface area contributed by atoms with Crippen LogP contribution in [0.3, 0.4) is 0 Å². The molecule has 150 valence electrons. The average Bonchev–Trinajstić information content (AvgIpc) is 2.61. The smallest absolute Gasteiger partial charge is 0.416 e. The zero-order valence-electron chi connectivity index (χ0n) is 15.2. The first-order valence-corrected chi connectivity index (χ1v) is 8.60. The van der Waals surface area contributed by atoms with E-state index in [1.165, 1.54) is 12.1 Å². The van der Waals surface area contributed by atoms with Gasteiger partial charge in [-0.3, -0.25) is 4.79 Å². The SMILES string of the molecule is CC(Cc1ccc(C(F)(F)F)cc1)NC(=O)CN(Cc1ccccc1)C(=O)[O-]. The molecule has 5 nitrogen and oxygen atoms in total. The Kier molecular flexibility index (Phi) is 7.03. The molecule has 2 aromatic rings. The highest BCUT2D eigenvalue weighted by atomic mass is 19.4. The second-order valence-corrected chi connectivity index (χ2v) is 6.47. The van der Waals surface area contributed by atoms with E-state index in [-0.39, 0.29) is 12.6 Å². The molecule has 1 unspecified atom stereocenters. The van der Waals surface area contributed by atoms with E-state index in [1.807, 2.05) is 0 Å². The fraction of sp³-hybridized carbons (Fsp3) is 0.300. The van der Waals surface area contributed by atoms with E-state index in [1.54, 1.807) is 37.3 Å². The first-order chi connectivity index (χ1) is 13.1. The maximum Gasteiger partial charge on any atom is 0.416 e. The summed E-state index contributed by atoms with van der Waals surface area (Å²) < 4.78 is 37.7. The van der Waals surface area contributed by atoms with Crippen molar-refractivity contribution >= 4 is 12.0 Å². The van der Waals surface area contributed by atoms with Crippen LogP contribution in [0.25, 0.3) is 0 Å². The van der Waals surface area contributed by atoms with Crippen molar-refractivity contribution in [2.45, 2.75) is 32.1 Å². The molecule has 8 heteroatoms. The summed E-state index contributed by atoms with van der Waals surface area (Å²) in [6.45, 7) is 1.31. The monoisotopic (exact) mass is 393 g/mol. The van der Waals surface area contributed by atoms with Gasteiger partial charge in [-0.2, -0.15) is 13.2 Å². The molecular weight excluding hydrogens is 373 g/mol. The molecule has 2 aromatic carbocycles. The number of rotatable bonds is 7. The van der Waals surface area contributed by atoms with E-state index >= 15 is 0 Å². The van der Waals surface area contributed by atoms with Gasteiger partial charge >= 0.3 is 6.18 Å². The van der Waals surface area contributed by atoms with Crippen LogP contribution < -0.4 is 10.4 Å². The molecular formula is C20H20F3N2O3-. The van der Waals surface area contributed by atoms with Crippen LogP contribution in [-0.2, 0) is 23.9 Å². The molecule has 2 rings (SSSR count). The van der Waals surface area contributed by atoms with Crippen molar-refractivity contribution in [2.75, 3.05) is 6.54 Å². The number of benzene rings is 2. The number of hydrogen-bond donors (Lipinski definition) is 1. The molecule has 0 aromatic heterocycles. The summed E-state index contributed by atoms with van der Waals surface area (Å²) in [7, 11) is 0. The second kappa shape index (κ2) is 9.25. The number of amides is 2. The van der Waals surface area contributed by atoms with Crippen LogP contribution in [0.5, 0.6) is 0 Å². The van der Waals surface area contributed by atoms with Crippen LogP contribution in [0, 0.1) is 0 Å². The van der Waals surface area contributed by atoms with E-state index in [0.717, 1.165) is 22.6 Å². The van der Waals surface area contributed by atoms with E-state index < -0.39 is 30.3 Å². The van der Waals surface area contributed by atoms with E-state index in [4.69, 9.17) is 0 Å². The van der Waals surface area contributed by atoms with Gasteiger partial charge in [-0.25, -0.2) is 0 Å². The molecule has 0 fully saturated rings. The zero-order valence-corrected chi connectivity index (χ0v) is 15.2. The van der Waals surface area contributed by atoms with E-state index in [9.17, 15) is 27.9 Å². The number of alkyl halides is 3. The van der Waals surface area contributed by atoms with Gasteiger partial charge in [0.15, 0.2) is 0 Å². The lowest BCUT2D eigenvalue weighted by Gasteiger charge is -2.25. The first-order valence-electron chi connectivity index (χ1n) is 8.60. The minimum Gasteiger partial charge on any atom is -0.530 e. The Hall–Kier alpha value is -3.03. The average molecular weight is 393 g/mol. The Morgan fingerprint density at radius 3 is 2.18 bits per heavy atom. The Morgan fingerprint density at radius 2 is 1.64 bits per heavy atom. The van der Waals surface area contributed by atoms with Gasteiger partial charge in [0.05, 0.1) is 12.1 Å². The molecule has 0 aliphatic heterocycles. The van der Waals surface area contributed by atoms with Crippen molar-refractivity contribution in [1.29, 1.82) is 0 Å². The van der Waals surface area contributed by atoms with Crippen LogP contribution >= 0.6 is 0 Å². The lowest BCUT2D eigenvalue weighted by molar-refractivity contribution is -0.266. The van der Waals surface area contributed by atoms with Crippen LogP contribution in [0.1, 0.15) is 23.6 Å². The lowest BCUT2D eigenvalue weighted by atomic mass is 10.0. The third-order valence-electron chi connectivity index (χ3n) is 4.04. The molecule has 0 saturated carbocycles. The van der Waals surface area contributed by atoms with Crippen molar-refractivity contribution in [1.82, 2.24) is 10.2 Å². The number of nitrogens with one attached hydrogen (secondary N) is 1. The molecule has 1 atom stereocenters. The summed E-state index contributed by atoms with van der Waals surface area (Å²) in [5.74, 6) is -0.514. The Bertz CT molecular complexity index is 793. The predicted molar refractivity (Wildman–Crippen MR) is 95.0 cm³/mol. The van der Waals surface area contributed by atoms with Gasteiger partial charge in [0.25, 0.3) is 0 Å². The summed E-state index contributed by atoms with van der Waals surface area (Å²) in [6.07, 6.45) is -5.55. The number of halogens is 3. The molecule has 0 heterocycles. The van der Waals surface area contributed by atoms with Gasteiger partial charge < -0.3 is 20.1 Å². The van der Waals surface area contributed by atoms with E-state index in [0.29, 0.717) is 12.0 Å². The minimum atomic E-state index is -4.40. The molecule has 2 amide bonds. The quantitative estimate of drug-likeness (QED) is 0.786. The van der Waals surface area contributed by atoms with Crippen LogP contribution in [0.2, 0.25) is 0 Å². The highest BCUT2D eigenvalue weighted by Gasteiger charge is 2.29. The maximum absolute atomic E-state index is 12.6. The number of carbonyl (C=O) groups is 2. The lowest BCUT2D eigenvalue weighted by Crippen LogP contribution is -2.47. The molecule has 0 saturated heterocycles. The summed E-state index contributed by atoms with van der Waals surface area (Å²) in [6, 6.07) is 13.1. The number of hydrogen-bond acceptors (Lipinski definition) is 3. The van der Waals surface area contributed by atoms with Gasteiger partial charge in [-0.05, 0) is 36.6 Å². The summed E-state index contributed by atoms with van der Waals surface area (Å²) in [5.41, 5.74) is 0.609. The number of carboxylic acid groups (broad SMARTS) is 1. The van der Waals surface area contributed by atoms with Crippen molar-refractivity contribution < 1.29 is 27.9 Å². The minimum absolute atomic E-state index is 0.0177. The molecule has 0 spiro atoms. The van der Waals surface area contributed by atoms with Crippen molar-refractivity contribution in [2.24, 2.45) is 0 Å². The van der Waals surface area contributed by atoms with Crippen molar-refractivity contribution in [3.63, 3.8) is 0 Å². The number of carbonyl (C=O) groups excluding carboxylic acids is 2. The Morgan fingerprint density at radius 1 is 1.04 bits per heavy atom. The highest BCUT2D eigenvalue weighted by Crippen LogP contribution is 2.29. The van der Waals surface area contributed by atoms with Gasteiger partial charge in [-0.1, -0.05) is 42.5 Å². The van der Waals surface area contributed by atoms with Gasteiger partial charge in [0.2, 0.25) is 5.91 Å². The molecule has 0 radical (unpaired) electrons. The van der Waals surface area contributed by atoms with Crippen LogP contribution in [0.4, 0.5) is 18.0 Å². The van der Waals surface area contributed by atoms with Crippen LogP contribution in [-0.4, -0.2) is 29.5 Å². The van der Waals surface area contributed by atoms with Gasteiger partial charge in [0, 0.05) is 12.6 Å². The van der Waals surface area contributed by atoms with Gasteiger partial charge in [0.1, 0.15) is 6.09 Å². The zero-order chi connectivity index (χ0) is 20.7. The van der Waals surface area contributed by atoms with E-state index in [2.05, 4.69) is 5.32 Å². The normalized spacial score (nSPS) is 12.3. The third-order valence-corrected chi connectivity index (χ3v) is 4.04. The standard InChI is InChI=1S/C20H21F3N2O3/c1-14(11-15-7-9-17(10-8-15)20(21,22)23)24-18(26)13-25(19(27)28)12-16-5-3-2-4-6-16/h2-10,14H,11-13H2,1H3,(H,24,26)(H,27,28)/p-1. The third kappa shape index (κ3) is 6.61. The Balaban J connectivity index is 1.89. The highest BCUT2D eigenvalue weighted by molar-refractivity contribution is 5.81. The molecule has 0 aliphatic rings. The summed E-state index contributed by atoms with van der Waals surface area (Å²) in [4.78, 5) is 24.3. The topological polar surface area (TPSA) is 72.5 Å². The molecule has 0 aliphatic carbocycles. The Labute approximate surface area is 160 Å². The maximum atomic E-state index is 12.6. The van der Waals surface area contributed by atoms with Crippen molar-refractivity contribution in [3.05, 3.63) is 71.3 Å². The molecule has 1 N–H and O–H groups in total. The number of nitrogens with zero attached hydrogens (tertiary/aromatic N) is 1. The fourth-order valence-electron chi connectivity index (χ4n) is 2.72. The molecule has 28 heavy (non-hydrogen) atoms. The van der Waals surface area contributed by atoms with Crippen molar-refractivity contribution in [3.8, 4) is 0 Å². The fourth-order valence-corrected chi connectivity index (χ4v) is 2.72. The van der Waals surface area contributed by atoms with Crippen LogP contribution in [0.15, 0.2) is 54.6 Å². The summed E-state index contributed by atoms with van der Waals surface area (Å²) >= 11 is 0. The summed E-state index contributed by atoms with van der Waals surface area (Å²) in [5, 5.41) is 13.9. The first kappa shape index (κ1) is 21.3. The second-order valence-electron chi connectivity index (χ2n) is 6.47. The molecule has 0 bridgehead atoms. The van der Waals surface area contributed by atoms with Gasteiger partial charge in [-0.15, -0.1) is 0 Å². The largest absolute Gasteiger partial charge is 0.530 e. The predicted octanol–water partition coefficient (Wildman–Crippen LogP) is 2.60.